The van der Waals surface area contributed by atoms with E-state index < -0.39 is 34.9 Å². The number of Topliss-reactive ketones (excluding diaryl/α,β-unsaturated/α-hetero) is 2. The van der Waals surface area contributed by atoms with Gasteiger partial charge in [0.25, 0.3) is 0 Å². The van der Waals surface area contributed by atoms with Crippen LogP contribution in [0.25, 0.3) is 0 Å². The van der Waals surface area contributed by atoms with Crippen LogP contribution in [0.3, 0.4) is 0 Å². The quantitative estimate of drug-likeness (QED) is 0.607. The van der Waals surface area contributed by atoms with Gasteiger partial charge in [-0.15, -0.1) is 0 Å². The van der Waals surface area contributed by atoms with Crippen LogP contribution >= 0.6 is 11.6 Å². The highest BCUT2D eigenvalue weighted by Gasteiger charge is 2.57. The summed E-state index contributed by atoms with van der Waals surface area (Å²) in [4.78, 5) is 26.0. The summed E-state index contributed by atoms with van der Waals surface area (Å²) in [6.45, 7) is 3.50. The van der Waals surface area contributed by atoms with Crippen molar-refractivity contribution in [1.29, 1.82) is 0 Å². The lowest BCUT2D eigenvalue weighted by atomic mass is 9.81. The summed E-state index contributed by atoms with van der Waals surface area (Å²) in [6, 6.07) is 13.6. The Morgan fingerprint density at radius 3 is 2.33 bits per heavy atom. The highest BCUT2D eigenvalue weighted by molar-refractivity contribution is 6.21. The summed E-state index contributed by atoms with van der Waals surface area (Å²) in [5.41, 5.74) is -1.08. The number of rotatable bonds is 5. The van der Waals surface area contributed by atoms with Gasteiger partial charge in [-0.1, -0.05) is 60.1 Å². The highest BCUT2D eigenvalue weighted by Crippen LogP contribution is 2.38. The maximum absolute atomic E-state index is 13.1. The number of ketones is 2. The van der Waals surface area contributed by atoms with Gasteiger partial charge in [-0.3, -0.25) is 9.59 Å². The molecule has 2 aromatic carbocycles. The van der Waals surface area contributed by atoms with E-state index in [-0.39, 0.29) is 12.0 Å². The first-order valence-corrected chi connectivity index (χ1v) is 9.09. The second-order valence-electron chi connectivity index (χ2n) is 6.86. The second-order valence-corrected chi connectivity index (χ2v) is 7.35. The van der Waals surface area contributed by atoms with Crippen molar-refractivity contribution in [2.45, 2.75) is 43.6 Å². The molecule has 0 spiro atoms. The zero-order valence-electron chi connectivity index (χ0n) is 15.1. The van der Waals surface area contributed by atoms with E-state index in [1.807, 2.05) is 0 Å². The van der Waals surface area contributed by atoms with Crippen LogP contribution in [0.15, 0.2) is 48.5 Å². The number of carbonyl (C=O) groups is 2. The van der Waals surface area contributed by atoms with Crippen molar-refractivity contribution in [3.63, 3.8) is 0 Å². The predicted octanol–water partition coefficient (Wildman–Crippen LogP) is 2.87. The van der Waals surface area contributed by atoms with Crippen molar-refractivity contribution >= 4 is 23.2 Å². The number of ether oxygens (including phenoxy) is 1. The summed E-state index contributed by atoms with van der Waals surface area (Å²) >= 11 is 6.02. The molecule has 6 heteroatoms. The summed E-state index contributed by atoms with van der Waals surface area (Å²) in [7, 11) is 0. The lowest BCUT2D eigenvalue weighted by Crippen LogP contribution is -2.51. The van der Waals surface area contributed by atoms with Gasteiger partial charge in [-0.25, -0.2) is 0 Å². The van der Waals surface area contributed by atoms with Crippen LogP contribution in [0.4, 0.5) is 0 Å². The number of carbonyl (C=O) groups excluding carboxylic acids is 2. The predicted molar refractivity (Wildman–Crippen MR) is 101 cm³/mol. The first-order valence-electron chi connectivity index (χ1n) is 8.65. The molecule has 0 saturated carbocycles. The minimum Gasteiger partial charge on any atom is -0.380 e. The first kappa shape index (κ1) is 19.7. The fourth-order valence-corrected chi connectivity index (χ4v) is 3.76. The Labute approximate surface area is 162 Å². The molecule has 4 atom stereocenters. The van der Waals surface area contributed by atoms with E-state index in [9.17, 15) is 19.8 Å². The molecule has 27 heavy (non-hydrogen) atoms. The molecule has 0 bridgehead atoms. The molecule has 1 aliphatic rings. The molecule has 0 amide bonds. The summed E-state index contributed by atoms with van der Waals surface area (Å²) in [5.74, 6) is -1.43. The van der Waals surface area contributed by atoms with Gasteiger partial charge in [0.15, 0.2) is 23.3 Å². The molecule has 5 nitrogen and oxygen atoms in total. The Morgan fingerprint density at radius 2 is 1.70 bits per heavy atom. The molecule has 0 aromatic heterocycles. The van der Waals surface area contributed by atoms with Crippen LogP contribution < -0.4 is 0 Å². The maximum atomic E-state index is 13.1. The molecule has 142 valence electrons. The fourth-order valence-electron chi connectivity index (χ4n) is 3.43. The fraction of sp³-hybridized carbons (Fsp3) is 0.333. The summed E-state index contributed by atoms with van der Waals surface area (Å²) in [5, 5.41) is 21.7. The first-order chi connectivity index (χ1) is 12.8. The SMILES string of the molecule is Cc1ccccc1C(=O)[C@]1(O)C[C@@H](Cl)O[C@@H]1C(=O)C(O)c1ccccc1C. The van der Waals surface area contributed by atoms with Crippen LogP contribution in [0.5, 0.6) is 0 Å². The molecule has 1 saturated heterocycles. The molecule has 1 fully saturated rings. The molecule has 3 rings (SSSR count). The average molecular weight is 389 g/mol. The Kier molecular flexibility index (Phi) is 5.49. The van der Waals surface area contributed by atoms with Gasteiger partial charge in [0.1, 0.15) is 11.7 Å². The van der Waals surface area contributed by atoms with Crippen molar-refractivity contribution < 1.29 is 24.5 Å². The normalized spacial score (nSPS) is 26.0. The van der Waals surface area contributed by atoms with E-state index in [0.717, 1.165) is 0 Å². The van der Waals surface area contributed by atoms with E-state index >= 15 is 0 Å². The van der Waals surface area contributed by atoms with Gasteiger partial charge in [-0.05, 0) is 30.5 Å². The van der Waals surface area contributed by atoms with Crippen molar-refractivity contribution in [2.24, 2.45) is 0 Å². The van der Waals surface area contributed by atoms with E-state index in [2.05, 4.69) is 0 Å². The van der Waals surface area contributed by atoms with Crippen LogP contribution in [-0.4, -0.2) is 39.0 Å². The van der Waals surface area contributed by atoms with Crippen molar-refractivity contribution in [3.8, 4) is 0 Å². The minimum atomic E-state index is -2.14. The van der Waals surface area contributed by atoms with Crippen LogP contribution in [0.1, 0.15) is 39.6 Å². The molecule has 0 aliphatic carbocycles. The van der Waals surface area contributed by atoms with Gasteiger partial charge in [-0.2, -0.15) is 0 Å². The van der Waals surface area contributed by atoms with Crippen LogP contribution in [0, 0.1) is 13.8 Å². The molecule has 1 heterocycles. The zero-order chi connectivity index (χ0) is 19.8. The molecular weight excluding hydrogens is 368 g/mol. The smallest absolute Gasteiger partial charge is 0.197 e. The van der Waals surface area contributed by atoms with E-state index in [0.29, 0.717) is 16.7 Å². The number of aliphatic hydroxyl groups is 2. The number of halogens is 1. The van der Waals surface area contributed by atoms with E-state index in [1.165, 1.54) is 0 Å². The van der Waals surface area contributed by atoms with E-state index in [1.54, 1.807) is 62.4 Å². The molecule has 2 N–H and O–H groups in total. The van der Waals surface area contributed by atoms with Crippen molar-refractivity contribution in [3.05, 3.63) is 70.8 Å². The monoisotopic (exact) mass is 388 g/mol. The number of hydrogen-bond acceptors (Lipinski definition) is 5. The standard InChI is InChI=1S/C21H21ClO5/c1-12-7-3-5-9-14(12)17(23)18(24)20-21(26,11-16(22)27-20)19(25)15-10-6-4-8-13(15)2/h3-10,16-17,20,23,26H,11H2,1-2H3/t16-,17?,20+,21+/m0/s1. The Hall–Kier alpha value is -2.05. The third-order valence-corrected chi connectivity index (χ3v) is 5.24. The molecular formula is C21H21ClO5. The highest BCUT2D eigenvalue weighted by atomic mass is 35.5. The van der Waals surface area contributed by atoms with Crippen molar-refractivity contribution in [1.82, 2.24) is 0 Å². The minimum absolute atomic E-state index is 0.237. The Balaban J connectivity index is 1.96. The molecule has 1 unspecified atom stereocenters. The van der Waals surface area contributed by atoms with Gasteiger partial charge < -0.3 is 14.9 Å². The lowest BCUT2D eigenvalue weighted by molar-refractivity contribution is -0.144. The largest absolute Gasteiger partial charge is 0.380 e. The van der Waals surface area contributed by atoms with Crippen molar-refractivity contribution in [2.75, 3.05) is 0 Å². The van der Waals surface area contributed by atoms with Crippen LogP contribution in [0.2, 0.25) is 0 Å². The van der Waals surface area contributed by atoms with Gasteiger partial charge in [0.05, 0.1) is 0 Å². The molecule has 2 aromatic rings. The zero-order valence-corrected chi connectivity index (χ0v) is 15.8. The maximum Gasteiger partial charge on any atom is 0.197 e. The second kappa shape index (κ2) is 7.52. The topological polar surface area (TPSA) is 83.8 Å². The number of hydrogen-bond donors (Lipinski definition) is 2. The third kappa shape index (κ3) is 3.56. The number of alkyl halides is 1. The molecule has 1 aliphatic heterocycles. The number of aliphatic hydroxyl groups excluding tert-OH is 1. The molecule has 0 radical (unpaired) electrons. The summed E-state index contributed by atoms with van der Waals surface area (Å²) in [6.07, 6.45) is -3.32. The van der Waals surface area contributed by atoms with E-state index in [4.69, 9.17) is 16.3 Å². The van der Waals surface area contributed by atoms with Gasteiger partial charge in [0.2, 0.25) is 0 Å². The van der Waals surface area contributed by atoms with Gasteiger partial charge in [0, 0.05) is 12.0 Å². The average Bonchev–Trinajstić information content (AvgIpc) is 2.96. The van der Waals surface area contributed by atoms with Gasteiger partial charge >= 0.3 is 0 Å². The summed E-state index contributed by atoms with van der Waals surface area (Å²) < 4.78 is 5.39. The number of benzene rings is 2. The lowest BCUT2D eigenvalue weighted by Gasteiger charge is -2.28. The number of aryl methyl sites for hydroxylation is 2. The van der Waals surface area contributed by atoms with Crippen LogP contribution in [-0.2, 0) is 9.53 Å². The third-order valence-electron chi connectivity index (χ3n) is 4.98. The Morgan fingerprint density at radius 1 is 1.11 bits per heavy atom. The Bertz CT molecular complexity index is 880.